The van der Waals surface area contributed by atoms with Gasteiger partial charge >= 0.3 is 6.01 Å². The minimum absolute atomic E-state index is 0.163. The van der Waals surface area contributed by atoms with Gasteiger partial charge in [-0.25, -0.2) is 4.68 Å². The van der Waals surface area contributed by atoms with Crippen molar-refractivity contribution in [2.45, 2.75) is 0 Å². The number of nitro benzene ring substituents is 1. The zero-order valence-corrected chi connectivity index (χ0v) is 19.6. The van der Waals surface area contributed by atoms with Crippen LogP contribution in [0.15, 0.2) is 72.8 Å². The van der Waals surface area contributed by atoms with Gasteiger partial charge in [-0.2, -0.15) is 4.98 Å². The van der Waals surface area contributed by atoms with Crippen LogP contribution in [-0.4, -0.2) is 53.0 Å². The Bertz CT molecular complexity index is 1390. The number of carbonyl (C=O) groups is 1. The monoisotopic (exact) mass is 489 g/mol. The number of rotatable bonds is 10. The first kappa shape index (κ1) is 24.4. The normalized spacial score (nSPS) is 10.6. The number of nitrogens with one attached hydrogen (secondary N) is 1. The first-order valence-corrected chi connectivity index (χ1v) is 10.9. The topological polar surface area (TPSA) is 131 Å². The second-order valence-corrected chi connectivity index (χ2v) is 7.51. The molecule has 0 atom stereocenters. The minimum Gasteiger partial charge on any atom is -0.497 e. The van der Waals surface area contributed by atoms with Gasteiger partial charge in [0, 0.05) is 36.1 Å². The van der Waals surface area contributed by atoms with Crippen molar-refractivity contribution in [3.05, 3.63) is 88.5 Å². The van der Waals surface area contributed by atoms with E-state index in [1.54, 1.807) is 43.2 Å². The molecule has 1 heterocycles. The number of amides is 1. The van der Waals surface area contributed by atoms with Gasteiger partial charge in [0.05, 0.1) is 24.3 Å². The highest BCUT2D eigenvalue weighted by Gasteiger charge is 2.17. The number of nitro groups is 1. The summed E-state index contributed by atoms with van der Waals surface area (Å²) in [5.74, 6) is 0.677. The molecule has 0 bridgehead atoms. The predicted octanol–water partition coefficient (Wildman–Crippen LogP) is 4.13. The lowest BCUT2D eigenvalue weighted by Crippen LogP contribution is -2.12. The molecular weight excluding hydrogens is 466 g/mol. The van der Waals surface area contributed by atoms with E-state index in [9.17, 15) is 14.9 Å². The van der Waals surface area contributed by atoms with Crippen LogP contribution in [0.25, 0.3) is 17.1 Å². The Hall–Kier alpha value is -4.77. The molecule has 36 heavy (non-hydrogen) atoms. The van der Waals surface area contributed by atoms with E-state index in [1.165, 1.54) is 24.3 Å². The summed E-state index contributed by atoms with van der Waals surface area (Å²) in [5, 5.41) is 18.3. The van der Waals surface area contributed by atoms with Crippen molar-refractivity contribution in [2.24, 2.45) is 0 Å². The maximum Gasteiger partial charge on any atom is 0.336 e. The fourth-order valence-corrected chi connectivity index (χ4v) is 3.38. The van der Waals surface area contributed by atoms with Crippen LogP contribution in [-0.2, 0) is 4.74 Å². The van der Waals surface area contributed by atoms with E-state index in [1.807, 2.05) is 24.3 Å². The highest BCUT2D eigenvalue weighted by atomic mass is 16.6. The second kappa shape index (κ2) is 11.1. The highest BCUT2D eigenvalue weighted by Crippen LogP contribution is 2.27. The summed E-state index contributed by atoms with van der Waals surface area (Å²) in [6.45, 7) is 0.652. The van der Waals surface area contributed by atoms with Crippen molar-refractivity contribution < 1.29 is 23.9 Å². The quantitative estimate of drug-likeness (QED) is 0.200. The molecule has 11 nitrogen and oxygen atoms in total. The maximum absolute atomic E-state index is 12.7. The Labute approximate surface area is 206 Å². The number of methoxy groups -OCH3 is 2. The van der Waals surface area contributed by atoms with E-state index < -0.39 is 10.8 Å². The third-order valence-electron chi connectivity index (χ3n) is 5.10. The van der Waals surface area contributed by atoms with Crippen molar-refractivity contribution in [2.75, 3.05) is 32.8 Å². The maximum atomic E-state index is 12.7. The Kier molecular flexibility index (Phi) is 7.51. The number of anilines is 1. The van der Waals surface area contributed by atoms with Gasteiger partial charge in [-0.05, 0) is 36.4 Å². The van der Waals surface area contributed by atoms with Gasteiger partial charge in [-0.3, -0.25) is 14.9 Å². The van der Waals surface area contributed by atoms with Crippen LogP contribution >= 0.6 is 0 Å². The van der Waals surface area contributed by atoms with Crippen molar-refractivity contribution in [3.63, 3.8) is 0 Å². The summed E-state index contributed by atoms with van der Waals surface area (Å²) < 4.78 is 17.6. The molecule has 3 aromatic carbocycles. The molecule has 1 N–H and O–H groups in total. The molecule has 0 unspecified atom stereocenters. The van der Waals surface area contributed by atoms with Crippen molar-refractivity contribution in [3.8, 4) is 28.8 Å². The van der Waals surface area contributed by atoms with E-state index in [4.69, 9.17) is 14.2 Å². The van der Waals surface area contributed by atoms with E-state index in [0.29, 0.717) is 29.6 Å². The van der Waals surface area contributed by atoms with Crippen molar-refractivity contribution >= 4 is 17.3 Å². The van der Waals surface area contributed by atoms with Crippen molar-refractivity contribution in [1.82, 2.24) is 14.8 Å². The number of benzene rings is 3. The average molecular weight is 489 g/mol. The van der Waals surface area contributed by atoms with Crippen LogP contribution in [0.4, 0.5) is 11.4 Å². The van der Waals surface area contributed by atoms with E-state index in [0.717, 1.165) is 5.56 Å². The molecule has 0 aliphatic carbocycles. The van der Waals surface area contributed by atoms with Crippen molar-refractivity contribution in [1.29, 1.82) is 0 Å². The SMILES string of the molecule is COCCOc1nc(-c2cccc(OC)c2)n(-c2cccc(NC(=O)c3cccc([N+](=O)[O-])c3)c2)n1. The average Bonchev–Trinajstić information content (AvgIpc) is 3.33. The molecule has 0 saturated heterocycles. The summed E-state index contributed by atoms with van der Waals surface area (Å²) >= 11 is 0. The summed E-state index contributed by atoms with van der Waals surface area (Å²) in [5.41, 5.74) is 1.83. The highest BCUT2D eigenvalue weighted by molar-refractivity contribution is 6.04. The number of carbonyl (C=O) groups excluding carboxylic acids is 1. The largest absolute Gasteiger partial charge is 0.497 e. The molecule has 4 aromatic rings. The number of non-ortho nitro benzene ring substituents is 1. The Morgan fingerprint density at radius 1 is 1.03 bits per heavy atom. The lowest BCUT2D eigenvalue weighted by molar-refractivity contribution is -0.384. The lowest BCUT2D eigenvalue weighted by atomic mass is 10.1. The molecule has 0 fully saturated rings. The molecule has 0 spiro atoms. The predicted molar refractivity (Wildman–Crippen MR) is 132 cm³/mol. The standard InChI is InChI=1S/C25H23N5O6/c1-34-12-13-36-25-27-23(17-6-4-11-22(15-17)35-2)29(28-25)20-9-5-8-19(16-20)26-24(31)18-7-3-10-21(14-18)30(32)33/h3-11,14-16H,12-13H2,1-2H3,(H,26,31). The van der Waals surface area contributed by atoms with Crippen LogP contribution in [0.5, 0.6) is 11.8 Å². The number of nitrogens with zero attached hydrogens (tertiary/aromatic N) is 4. The van der Waals surface area contributed by atoms with Crippen LogP contribution < -0.4 is 14.8 Å². The van der Waals surface area contributed by atoms with Gasteiger partial charge in [-0.1, -0.05) is 24.3 Å². The molecule has 0 aliphatic heterocycles. The molecule has 0 radical (unpaired) electrons. The van der Waals surface area contributed by atoms with Gasteiger partial charge in [0.1, 0.15) is 12.4 Å². The zero-order valence-electron chi connectivity index (χ0n) is 19.6. The Morgan fingerprint density at radius 3 is 2.61 bits per heavy atom. The second-order valence-electron chi connectivity index (χ2n) is 7.51. The Morgan fingerprint density at radius 2 is 1.83 bits per heavy atom. The molecule has 11 heteroatoms. The number of aromatic nitrogens is 3. The molecule has 184 valence electrons. The third-order valence-corrected chi connectivity index (χ3v) is 5.10. The van der Waals surface area contributed by atoms with Gasteiger partial charge in [0.2, 0.25) is 0 Å². The van der Waals surface area contributed by atoms with Gasteiger partial charge in [0.25, 0.3) is 11.6 Å². The molecular formula is C25H23N5O6. The van der Waals surface area contributed by atoms with Gasteiger partial charge in [-0.15, -0.1) is 5.10 Å². The van der Waals surface area contributed by atoms with Crippen LogP contribution in [0.1, 0.15) is 10.4 Å². The first-order chi connectivity index (χ1) is 17.5. The summed E-state index contributed by atoms with van der Waals surface area (Å²) in [6.07, 6.45) is 0. The zero-order chi connectivity index (χ0) is 25.5. The molecule has 0 aliphatic rings. The van der Waals surface area contributed by atoms with Crippen LogP contribution in [0, 0.1) is 10.1 Å². The number of ether oxygens (including phenoxy) is 3. The van der Waals surface area contributed by atoms with E-state index in [2.05, 4.69) is 15.4 Å². The summed E-state index contributed by atoms with van der Waals surface area (Å²) in [7, 11) is 3.15. The molecule has 0 saturated carbocycles. The van der Waals surface area contributed by atoms with Gasteiger partial charge in [0.15, 0.2) is 5.82 Å². The smallest absolute Gasteiger partial charge is 0.336 e. The Balaban J connectivity index is 1.66. The number of hydrogen-bond donors (Lipinski definition) is 1. The minimum atomic E-state index is -0.547. The van der Waals surface area contributed by atoms with Crippen LogP contribution in [0.2, 0.25) is 0 Å². The van der Waals surface area contributed by atoms with E-state index in [-0.39, 0.29) is 23.9 Å². The summed E-state index contributed by atoms with van der Waals surface area (Å²) in [6, 6.07) is 20.0. The number of hydrogen-bond acceptors (Lipinski definition) is 8. The third kappa shape index (κ3) is 5.65. The summed E-state index contributed by atoms with van der Waals surface area (Å²) in [4.78, 5) is 27.8. The lowest BCUT2D eigenvalue weighted by Gasteiger charge is -2.10. The fraction of sp³-hybridized carbons (Fsp3) is 0.160. The first-order valence-electron chi connectivity index (χ1n) is 10.9. The molecule has 1 aromatic heterocycles. The fourth-order valence-electron chi connectivity index (χ4n) is 3.38. The van der Waals surface area contributed by atoms with Crippen LogP contribution in [0.3, 0.4) is 0 Å². The van der Waals surface area contributed by atoms with Gasteiger partial charge < -0.3 is 19.5 Å². The molecule has 1 amide bonds. The van der Waals surface area contributed by atoms with E-state index >= 15 is 0 Å². The molecule has 4 rings (SSSR count).